The van der Waals surface area contributed by atoms with Gasteiger partial charge in [-0.3, -0.25) is 0 Å². The van der Waals surface area contributed by atoms with Gasteiger partial charge < -0.3 is 9.53 Å². The van der Waals surface area contributed by atoms with E-state index in [9.17, 15) is 9.18 Å². The van der Waals surface area contributed by atoms with Crippen molar-refractivity contribution in [2.24, 2.45) is 0 Å². The minimum Gasteiger partial charge on any atom is -0.489 e. The van der Waals surface area contributed by atoms with E-state index in [1.807, 2.05) is 0 Å². The van der Waals surface area contributed by atoms with E-state index in [2.05, 4.69) is 0 Å². The van der Waals surface area contributed by atoms with Crippen LogP contribution in [0.5, 0.6) is 5.75 Å². The number of aryl methyl sites for hydroxylation is 1. The van der Waals surface area contributed by atoms with Crippen molar-refractivity contribution in [2.75, 3.05) is 0 Å². The first-order valence-electron chi connectivity index (χ1n) is 5.29. The van der Waals surface area contributed by atoms with Crippen LogP contribution in [0, 0.1) is 5.82 Å². The van der Waals surface area contributed by atoms with Crippen LogP contribution in [0.4, 0.5) is 4.39 Å². The molecule has 1 aromatic carbocycles. The van der Waals surface area contributed by atoms with Gasteiger partial charge in [-0.05, 0) is 37.0 Å². The van der Waals surface area contributed by atoms with Gasteiger partial charge in [0.1, 0.15) is 17.9 Å². The second-order valence-corrected chi connectivity index (χ2v) is 4.31. The molecule has 0 aromatic heterocycles. The highest BCUT2D eigenvalue weighted by molar-refractivity contribution is 6.32. The third kappa shape index (κ3) is 2.73. The summed E-state index contributed by atoms with van der Waals surface area (Å²) in [6.45, 7) is 0. The predicted octanol–water partition coefficient (Wildman–Crippen LogP) is 3.15. The zero-order valence-corrected chi connectivity index (χ0v) is 9.47. The Labute approximate surface area is 98.4 Å². The predicted molar refractivity (Wildman–Crippen MR) is 59.4 cm³/mol. The monoisotopic (exact) mass is 242 g/mol. The van der Waals surface area contributed by atoms with Gasteiger partial charge in [-0.1, -0.05) is 11.6 Å². The smallest absolute Gasteiger partial charge is 0.141 e. The first-order valence-corrected chi connectivity index (χ1v) is 5.66. The van der Waals surface area contributed by atoms with E-state index in [1.165, 1.54) is 12.1 Å². The van der Waals surface area contributed by atoms with Crippen molar-refractivity contribution in [3.8, 4) is 5.75 Å². The highest BCUT2D eigenvalue weighted by Gasteiger charge is 2.26. The molecule has 0 saturated heterocycles. The van der Waals surface area contributed by atoms with Crippen molar-refractivity contribution in [1.82, 2.24) is 0 Å². The maximum atomic E-state index is 13.2. The Hall–Kier alpha value is -1.09. The van der Waals surface area contributed by atoms with Crippen LogP contribution in [0.2, 0.25) is 5.02 Å². The first-order chi connectivity index (χ1) is 7.70. The molecule has 0 radical (unpaired) electrons. The lowest BCUT2D eigenvalue weighted by Crippen LogP contribution is -2.02. The third-order valence-corrected chi connectivity index (χ3v) is 2.71. The number of ether oxygens (including phenoxy) is 1. The van der Waals surface area contributed by atoms with E-state index in [-0.39, 0.29) is 11.1 Å². The second-order valence-electron chi connectivity index (χ2n) is 3.90. The number of carbonyl (C=O) groups is 1. The molecule has 0 N–H and O–H groups in total. The molecule has 0 bridgehead atoms. The number of halogens is 2. The van der Waals surface area contributed by atoms with Crippen molar-refractivity contribution >= 4 is 17.9 Å². The Morgan fingerprint density at radius 2 is 2.25 bits per heavy atom. The number of benzene rings is 1. The molecule has 1 fully saturated rings. The van der Waals surface area contributed by atoms with E-state index >= 15 is 0 Å². The normalized spacial score (nSPS) is 14.9. The van der Waals surface area contributed by atoms with E-state index in [4.69, 9.17) is 16.3 Å². The first kappa shape index (κ1) is 11.4. The van der Waals surface area contributed by atoms with Crippen molar-refractivity contribution in [3.63, 3.8) is 0 Å². The molecule has 1 aliphatic carbocycles. The zero-order chi connectivity index (χ0) is 11.5. The SMILES string of the molecule is O=CCCc1cc(F)cc(Cl)c1OC1CC1. The summed E-state index contributed by atoms with van der Waals surface area (Å²) in [4.78, 5) is 10.3. The Morgan fingerprint density at radius 1 is 1.50 bits per heavy atom. The lowest BCUT2D eigenvalue weighted by atomic mass is 10.1. The van der Waals surface area contributed by atoms with Crippen molar-refractivity contribution < 1.29 is 13.9 Å². The Balaban J connectivity index is 2.25. The molecule has 16 heavy (non-hydrogen) atoms. The number of hydrogen-bond acceptors (Lipinski definition) is 2. The van der Waals surface area contributed by atoms with Gasteiger partial charge in [-0.25, -0.2) is 4.39 Å². The van der Waals surface area contributed by atoms with Crippen LogP contribution in [0.15, 0.2) is 12.1 Å². The van der Waals surface area contributed by atoms with Gasteiger partial charge in [-0.2, -0.15) is 0 Å². The van der Waals surface area contributed by atoms with Gasteiger partial charge in [0, 0.05) is 6.42 Å². The van der Waals surface area contributed by atoms with Gasteiger partial charge in [0.25, 0.3) is 0 Å². The van der Waals surface area contributed by atoms with Gasteiger partial charge in [0.15, 0.2) is 0 Å². The molecule has 0 aliphatic heterocycles. The molecule has 4 heteroatoms. The van der Waals surface area contributed by atoms with Gasteiger partial charge >= 0.3 is 0 Å². The van der Waals surface area contributed by atoms with Gasteiger partial charge in [-0.15, -0.1) is 0 Å². The summed E-state index contributed by atoms with van der Waals surface area (Å²) in [6, 6.07) is 2.62. The Kier molecular flexibility index (Phi) is 3.44. The lowest BCUT2D eigenvalue weighted by molar-refractivity contribution is -0.107. The highest BCUT2D eigenvalue weighted by Crippen LogP contribution is 2.35. The average molecular weight is 243 g/mol. The summed E-state index contributed by atoms with van der Waals surface area (Å²) in [5.41, 5.74) is 0.670. The summed E-state index contributed by atoms with van der Waals surface area (Å²) in [7, 11) is 0. The molecule has 1 aliphatic rings. The quantitative estimate of drug-likeness (QED) is 0.742. The summed E-state index contributed by atoms with van der Waals surface area (Å²) >= 11 is 5.93. The minimum atomic E-state index is -0.394. The molecule has 0 atom stereocenters. The molecular formula is C12H12ClFO2. The summed E-state index contributed by atoms with van der Waals surface area (Å²) < 4.78 is 18.8. The van der Waals surface area contributed by atoms with Crippen LogP contribution in [0.3, 0.4) is 0 Å². The molecule has 2 nitrogen and oxygen atoms in total. The maximum Gasteiger partial charge on any atom is 0.141 e. The minimum absolute atomic E-state index is 0.206. The fraction of sp³-hybridized carbons (Fsp3) is 0.417. The average Bonchev–Trinajstić information content (AvgIpc) is 3.03. The second kappa shape index (κ2) is 4.83. The summed E-state index contributed by atoms with van der Waals surface area (Å²) in [5, 5.41) is 0.285. The Morgan fingerprint density at radius 3 is 2.88 bits per heavy atom. The van der Waals surface area contributed by atoms with Crippen molar-refractivity contribution in [3.05, 3.63) is 28.5 Å². The largest absolute Gasteiger partial charge is 0.489 e. The number of rotatable bonds is 5. The summed E-state index contributed by atoms with van der Waals surface area (Å²) in [6.07, 6.45) is 3.85. The van der Waals surface area contributed by atoms with Crippen molar-refractivity contribution in [1.29, 1.82) is 0 Å². The molecule has 1 aromatic rings. The van der Waals surface area contributed by atoms with Crippen LogP contribution >= 0.6 is 11.6 Å². The number of aldehydes is 1. The Bertz CT molecular complexity index is 402. The molecule has 0 heterocycles. The van der Waals surface area contributed by atoms with E-state index < -0.39 is 5.82 Å². The molecule has 1 saturated carbocycles. The highest BCUT2D eigenvalue weighted by atomic mass is 35.5. The van der Waals surface area contributed by atoms with E-state index in [0.717, 1.165) is 19.1 Å². The fourth-order valence-corrected chi connectivity index (χ4v) is 1.77. The van der Waals surface area contributed by atoms with E-state index in [1.54, 1.807) is 0 Å². The van der Waals surface area contributed by atoms with Gasteiger partial charge in [0.05, 0.1) is 11.1 Å². The molecular weight excluding hydrogens is 231 g/mol. The topological polar surface area (TPSA) is 26.3 Å². The number of carbonyl (C=O) groups excluding carboxylic acids is 1. The third-order valence-electron chi connectivity index (χ3n) is 2.43. The van der Waals surface area contributed by atoms with Crippen molar-refractivity contribution in [2.45, 2.75) is 31.8 Å². The number of hydrogen-bond donors (Lipinski definition) is 0. The molecule has 0 amide bonds. The molecule has 2 rings (SSSR count). The van der Waals surface area contributed by atoms with Crippen LogP contribution in [-0.4, -0.2) is 12.4 Å². The standard InChI is InChI=1S/C12H12ClFO2/c13-11-7-9(14)6-8(2-1-5-15)12(11)16-10-3-4-10/h5-7,10H,1-4H2. The van der Waals surface area contributed by atoms with Gasteiger partial charge in [0.2, 0.25) is 0 Å². The van der Waals surface area contributed by atoms with Crippen LogP contribution in [-0.2, 0) is 11.2 Å². The molecule has 86 valence electrons. The molecule has 0 spiro atoms. The fourth-order valence-electron chi connectivity index (χ4n) is 1.50. The van der Waals surface area contributed by atoms with E-state index in [0.29, 0.717) is 24.2 Å². The van der Waals surface area contributed by atoms with Crippen LogP contribution in [0.25, 0.3) is 0 Å². The van der Waals surface area contributed by atoms with Crippen LogP contribution in [0.1, 0.15) is 24.8 Å². The summed E-state index contributed by atoms with van der Waals surface area (Å²) in [5.74, 6) is 0.140. The maximum absolute atomic E-state index is 13.2. The lowest BCUT2D eigenvalue weighted by Gasteiger charge is -2.12. The molecule has 0 unspecified atom stereocenters. The van der Waals surface area contributed by atoms with Crippen LogP contribution < -0.4 is 4.74 Å². The zero-order valence-electron chi connectivity index (χ0n) is 8.71.